The molecule has 0 heterocycles. The van der Waals surface area contributed by atoms with Crippen molar-refractivity contribution in [2.75, 3.05) is 17.5 Å². The van der Waals surface area contributed by atoms with Crippen LogP contribution >= 0.6 is 39.1 Å². The maximum absolute atomic E-state index is 14.1. The lowest BCUT2D eigenvalue weighted by Gasteiger charge is -2.32. The topological polar surface area (TPSA) is 96.0 Å². The summed E-state index contributed by atoms with van der Waals surface area (Å²) < 4.78 is 35.3. The van der Waals surface area contributed by atoms with E-state index in [0.717, 1.165) is 30.0 Å². The Morgan fingerprint density at radius 3 is 2.28 bits per heavy atom. The molecule has 0 radical (unpaired) electrons. The third-order valence-electron chi connectivity index (χ3n) is 7.34. The number of amides is 2. The summed E-state index contributed by atoms with van der Waals surface area (Å²) in [4.78, 5) is 28.9. The van der Waals surface area contributed by atoms with Crippen molar-refractivity contribution in [2.45, 2.75) is 63.1 Å². The number of carbonyl (C=O) groups is 2. The highest BCUT2D eigenvalue weighted by Gasteiger charge is 2.33. The fourth-order valence-corrected chi connectivity index (χ4v) is 7.09. The highest BCUT2D eigenvalue weighted by molar-refractivity contribution is 9.10. The van der Waals surface area contributed by atoms with Crippen LogP contribution in [-0.2, 0) is 26.2 Å². The summed E-state index contributed by atoms with van der Waals surface area (Å²) >= 11 is 15.9. The number of sulfonamides is 1. The quantitative estimate of drug-likeness (QED) is 0.223. The van der Waals surface area contributed by atoms with E-state index in [-0.39, 0.29) is 29.1 Å². The Balaban J connectivity index is 1.70. The molecule has 0 saturated heterocycles. The Morgan fingerprint density at radius 1 is 1.02 bits per heavy atom. The molecule has 12 heteroatoms. The van der Waals surface area contributed by atoms with E-state index in [0.29, 0.717) is 32.4 Å². The second-order valence-corrected chi connectivity index (χ2v) is 13.9. The summed E-state index contributed by atoms with van der Waals surface area (Å²) in [6.07, 6.45) is 3.83. The van der Waals surface area contributed by atoms with Crippen LogP contribution in [-0.4, -0.2) is 50.4 Å². The van der Waals surface area contributed by atoms with E-state index < -0.39 is 28.5 Å². The zero-order valence-corrected chi connectivity index (χ0v) is 27.8. The molecule has 230 valence electrons. The molecule has 2 amide bonds. The van der Waals surface area contributed by atoms with Gasteiger partial charge in [0.1, 0.15) is 18.3 Å². The lowest BCUT2D eigenvalue weighted by Crippen LogP contribution is -2.52. The molecule has 1 N–H and O–H groups in total. The fraction of sp³-hybridized carbons (Fsp3) is 0.355. The van der Waals surface area contributed by atoms with E-state index >= 15 is 0 Å². The third kappa shape index (κ3) is 8.44. The molecule has 1 unspecified atom stereocenters. The minimum absolute atomic E-state index is 0.0108. The van der Waals surface area contributed by atoms with E-state index in [1.807, 2.05) is 6.92 Å². The Labute approximate surface area is 271 Å². The van der Waals surface area contributed by atoms with Crippen LogP contribution in [0.1, 0.15) is 45.1 Å². The van der Waals surface area contributed by atoms with E-state index in [9.17, 15) is 18.0 Å². The smallest absolute Gasteiger partial charge is 0.264 e. The lowest BCUT2D eigenvalue weighted by molar-refractivity contribution is -0.139. The number of hydrogen-bond donors (Lipinski definition) is 1. The molecule has 43 heavy (non-hydrogen) atoms. The molecule has 1 aliphatic carbocycles. The molecule has 1 atom stereocenters. The van der Waals surface area contributed by atoms with Gasteiger partial charge in [0.2, 0.25) is 11.8 Å². The number of hydrogen-bond acceptors (Lipinski definition) is 5. The minimum atomic E-state index is -4.20. The SMILES string of the molecule is CCOc1ccc(N(CC(=O)N(Cc2ccc(Cl)cc2Cl)C(C)C(=O)NC2CCCC2)S(=O)(=O)c2ccc(Br)cc2)cc1. The average Bonchev–Trinajstić information content (AvgIpc) is 3.49. The van der Waals surface area contributed by atoms with Crippen LogP contribution in [0.5, 0.6) is 5.75 Å². The number of anilines is 1. The number of halogens is 3. The average molecular weight is 712 g/mol. The summed E-state index contributed by atoms with van der Waals surface area (Å²) in [7, 11) is -4.20. The molecule has 1 saturated carbocycles. The van der Waals surface area contributed by atoms with Crippen LogP contribution in [0.2, 0.25) is 10.0 Å². The summed E-state index contributed by atoms with van der Waals surface area (Å²) in [5.41, 5.74) is 0.843. The van der Waals surface area contributed by atoms with Crippen molar-refractivity contribution in [3.63, 3.8) is 0 Å². The van der Waals surface area contributed by atoms with Gasteiger partial charge in [-0.25, -0.2) is 8.42 Å². The molecule has 1 aliphatic rings. The number of benzene rings is 3. The predicted molar refractivity (Wildman–Crippen MR) is 173 cm³/mol. The summed E-state index contributed by atoms with van der Waals surface area (Å²) in [6, 6.07) is 16.7. The first-order valence-corrected chi connectivity index (χ1v) is 17.0. The van der Waals surface area contributed by atoms with Gasteiger partial charge in [0.25, 0.3) is 10.0 Å². The van der Waals surface area contributed by atoms with Gasteiger partial charge in [0.05, 0.1) is 17.2 Å². The van der Waals surface area contributed by atoms with Crippen LogP contribution in [0, 0.1) is 0 Å². The van der Waals surface area contributed by atoms with Crippen molar-refractivity contribution in [1.29, 1.82) is 0 Å². The zero-order chi connectivity index (χ0) is 31.1. The van der Waals surface area contributed by atoms with Gasteiger partial charge in [0.15, 0.2) is 0 Å². The van der Waals surface area contributed by atoms with Gasteiger partial charge in [-0.3, -0.25) is 13.9 Å². The van der Waals surface area contributed by atoms with Crippen LogP contribution in [0.15, 0.2) is 76.1 Å². The lowest BCUT2D eigenvalue weighted by atomic mass is 10.1. The van der Waals surface area contributed by atoms with E-state index in [1.54, 1.807) is 61.5 Å². The number of ether oxygens (including phenoxy) is 1. The second kappa shape index (κ2) is 14.8. The monoisotopic (exact) mass is 709 g/mol. The van der Waals surface area contributed by atoms with Crippen LogP contribution in [0.25, 0.3) is 0 Å². The van der Waals surface area contributed by atoms with Gasteiger partial charge in [-0.1, -0.05) is 58.0 Å². The molecular formula is C31H34BrCl2N3O5S. The molecule has 3 aromatic rings. The van der Waals surface area contributed by atoms with Crippen molar-refractivity contribution in [1.82, 2.24) is 10.2 Å². The Hall–Kier alpha value is -2.79. The standard InChI is InChI=1S/C31H34BrCl2N3O5S/c1-3-42-27-14-12-26(13-15-27)37(43(40,41)28-16-9-23(32)10-17-28)20-30(38)36(19-22-8-11-24(33)18-29(22)34)21(2)31(39)35-25-6-4-5-7-25/h8-18,21,25H,3-7,19-20H2,1-2H3,(H,35,39). The van der Waals surface area contributed by atoms with Crippen LogP contribution < -0.4 is 14.4 Å². The van der Waals surface area contributed by atoms with Crippen LogP contribution in [0.4, 0.5) is 5.69 Å². The number of carbonyl (C=O) groups excluding carboxylic acids is 2. The van der Waals surface area contributed by atoms with Crippen molar-refractivity contribution in [2.24, 2.45) is 0 Å². The van der Waals surface area contributed by atoms with E-state index in [1.165, 1.54) is 17.0 Å². The van der Waals surface area contributed by atoms with Gasteiger partial charge >= 0.3 is 0 Å². The summed E-state index contributed by atoms with van der Waals surface area (Å²) in [5.74, 6) is -0.321. The van der Waals surface area contributed by atoms with Crippen molar-refractivity contribution in [3.8, 4) is 5.75 Å². The first-order chi connectivity index (χ1) is 20.5. The minimum Gasteiger partial charge on any atom is -0.494 e. The maximum Gasteiger partial charge on any atom is 0.264 e. The molecule has 1 fully saturated rings. The Morgan fingerprint density at radius 2 is 1.67 bits per heavy atom. The zero-order valence-electron chi connectivity index (χ0n) is 23.9. The summed E-state index contributed by atoms with van der Waals surface area (Å²) in [6.45, 7) is 3.35. The van der Waals surface area contributed by atoms with E-state index in [4.69, 9.17) is 27.9 Å². The third-order valence-corrected chi connectivity index (χ3v) is 10.2. The normalized spacial score (nSPS) is 14.3. The molecule has 0 aliphatic heterocycles. The van der Waals surface area contributed by atoms with Gasteiger partial charge in [-0.15, -0.1) is 0 Å². The summed E-state index contributed by atoms with van der Waals surface area (Å²) in [5, 5.41) is 3.82. The Bertz CT molecular complexity index is 1530. The number of rotatable bonds is 12. The van der Waals surface area contributed by atoms with Gasteiger partial charge < -0.3 is 15.0 Å². The van der Waals surface area contributed by atoms with E-state index in [2.05, 4.69) is 21.2 Å². The highest BCUT2D eigenvalue weighted by atomic mass is 79.9. The van der Waals surface area contributed by atoms with Gasteiger partial charge in [-0.05, 0) is 92.9 Å². The molecule has 0 bridgehead atoms. The highest BCUT2D eigenvalue weighted by Crippen LogP contribution is 2.29. The largest absolute Gasteiger partial charge is 0.494 e. The maximum atomic E-state index is 14.1. The molecule has 4 rings (SSSR count). The Kier molecular flexibility index (Phi) is 11.4. The first-order valence-electron chi connectivity index (χ1n) is 14.0. The fourth-order valence-electron chi connectivity index (χ4n) is 4.95. The van der Waals surface area contributed by atoms with Gasteiger partial charge in [0, 0.05) is 27.1 Å². The van der Waals surface area contributed by atoms with Gasteiger partial charge in [-0.2, -0.15) is 0 Å². The second-order valence-electron chi connectivity index (χ2n) is 10.3. The number of nitrogens with zero attached hydrogens (tertiary/aromatic N) is 2. The van der Waals surface area contributed by atoms with Crippen LogP contribution in [0.3, 0.4) is 0 Å². The number of nitrogens with one attached hydrogen (secondary N) is 1. The molecule has 8 nitrogen and oxygen atoms in total. The van der Waals surface area contributed by atoms with Crippen molar-refractivity contribution < 1.29 is 22.7 Å². The first kappa shape index (κ1) is 33.1. The molecular weight excluding hydrogens is 677 g/mol. The molecule has 0 spiro atoms. The van der Waals surface area contributed by atoms with Crippen molar-refractivity contribution >= 4 is 66.7 Å². The van der Waals surface area contributed by atoms with Crippen molar-refractivity contribution in [3.05, 3.63) is 86.8 Å². The molecule has 0 aromatic heterocycles. The molecule has 3 aromatic carbocycles. The predicted octanol–water partition coefficient (Wildman–Crippen LogP) is 6.83.